The molecule has 1 nitrogen and oxygen atoms in total. The van der Waals surface area contributed by atoms with Gasteiger partial charge < -0.3 is 4.57 Å². The molecule has 112 valence electrons. The zero-order chi connectivity index (χ0) is 15.3. The number of fused-ring (bicyclic) bond motifs is 5. The summed E-state index contributed by atoms with van der Waals surface area (Å²) in [6, 6.07) is 15.8. The van der Waals surface area contributed by atoms with E-state index in [1.165, 1.54) is 44.6 Å². The third-order valence-corrected chi connectivity index (χ3v) is 5.69. The van der Waals surface area contributed by atoms with Crippen LogP contribution >= 0.6 is 0 Å². The first-order chi connectivity index (χ1) is 10.6. The lowest BCUT2D eigenvalue weighted by Gasteiger charge is -2.10. The lowest BCUT2D eigenvalue weighted by molar-refractivity contribution is 0.813. The third kappa shape index (κ3) is 2.09. The standard InChI is InChI=1S/C20H22NS/c1-14-8-9-19-17(12-14)18-13-15-6-4-5-7-16(15)20(18)21(19)10-11-22(2)3/h4-9,12H,10-11,13H2,1-3H3/q+1. The second kappa shape index (κ2) is 5.20. The second-order valence-corrected chi connectivity index (χ2v) is 8.90. The minimum Gasteiger partial charge on any atom is -0.335 e. The SMILES string of the molecule is Cc1ccc2c(c1)c1c(n2CC[S+](C)C)-c2ccccc2C1. The molecule has 0 amide bonds. The van der Waals surface area contributed by atoms with Crippen molar-refractivity contribution >= 4 is 21.8 Å². The van der Waals surface area contributed by atoms with Crippen LogP contribution in [0, 0.1) is 6.92 Å². The van der Waals surface area contributed by atoms with Crippen LogP contribution in [-0.2, 0) is 23.9 Å². The van der Waals surface area contributed by atoms with Gasteiger partial charge in [-0.25, -0.2) is 0 Å². The highest BCUT2D eigenvalue weighted by molar-refractivity contribution is 7.95. The molecule has 22 heavy (non-hydrogen) atoms. The first kappa shape index (κ1) is 14.0. The minimum atomic E-state index is 0.477. The molecule has 4 rings (SSSR count). The lowest BCUT2D eigenvalue weighted by Crippen LogP contribution is -2.11. The van der Waals surface area contributed by atoms with E-state index in [1.807, 2.05) is 0 Å². The van der Waals surface area contributed by atoms with Crippen LogP contribution in [-0.4, -0.2) is 22.8 Å². The smallest absolute Gasteiger partial charge is 0.125 e. The van der Waals surface area contributed by atoms with Crippen molar-refractivity contribution in [3.63, 3.8) is 0 Å². The zero-order valence-electron chi connectivity index (χ0n) is 13.5. The highest BCUT2D eigenvalue weighted by atomic mass is 32.2. The van der Waals surface area contributed by atoms with Crippen LogP contribution < -0.4 is 0 Å². The van der Waals surface area contributed by atoms with Crippen LogP contribution in [0.2, 0.25) is 0 Å². The Bertz CT molecular complexity index is 858. The van der Waals surface area contributed by atoms with Gasteiger partial charge in [-0.2, -0.15) is 0 Å². The molecule has 0 spiro atoms. The Kier molecular flexibility index (Phi) is 3.30. The van der Waals surface area contributed by atoms with E-state index < -0.39 is 0 Å². The Morgan fingerprint density at radius 1 is 1.09 bits per heavy atom. The van der Waals surface area contributed by atoms with Gasteiger partial charge in [0.2, 0.25) is 0 Å². The molecule has 2 heteroatoms. The fourth-order valence-corrected chi connectivity index (χ4v) is 4.17. The highest BCUT2D eigenvalue weighted by Crippen LogP contribution is 2.42. The van der Waals surface area contributed by atoms with Gasteiger partial charge in [-0.05, 0) is 41.1 Å². The number of nitrogens with zero attached hydrogens (tertiary/aromatic N) is 1. The van der Waals surface area contributed by atoms with Gasteiger partial charge in [0.25, 0.3) is 0 Å². The second-order valence-electron chi connectivity index (χ2n) is 6.52. The lowest BCUT2D eigenvalue weighted by atomic mass is 10.1. The summed E-state index contributed by atoms with van der Waals surface area (Å²) in [4.78, 5) is 0. The van der Waals surface area contributed by atoms with Gasteiger partial charge in [-0.15, -0.1) is 0 Å². The van der Waals surface area contributed by atoms with Crippen molar-refractivity contribution in [3.05, 3.63) is 59.2 Å². The molecule has 3 aromatic rings. The molecule has 0 radical (unpaired) electrons. The molecule has 0 atom stereocenters. The Hall–Kier alpha value is -1.67. The van der Waals surface area contributed by atoms with Gasteiger partial charge in [0.1, 0.15) is 5.75 Å². The predicted molar refractivity (Wildman–Crippen MR) is 99.0 cm³/mol. The zero-order valence-corrected chi connectivity index (χ0v) is 14.3. The molecule has 1 heterocycles. The average Bonchev–Trinajstić information content (AvgIpc) is 3.00. The van der Waals surface area contributed by atoms with Crippen molar-refractivity contribution < 1.29 is 0 Å². The summed E-state index contributed by atoms with van der Waals surface area (Å²) in [7, 11) is 0.477. The maximum atomic E-state index is 2.57. The summed E-state index contributed by atoms with van der Waals surface area (Å²) in [5, 5.41) is 1.46. The number of hydrogen-bond acceptors (Lipinski definition) is 0. The van der Waals surface area contributed by atoms with Crippen molar-refractivity contribution in [3.8, 4) is 11.3 Å². The number of aryl methyl sites for hydroxylation is 2. The summed E-state index contributed by atoms with van der Waals surface area (Å²) in [6.07, 6.45) is 5.76. The van der Waals surface area contributed by atoms with Gasteiger partial charge in [0.15, 0.2) is 0 Å². The number of hydrogen-bond donors (Lipinski definition) is 0. The molecule has 0 bridgehead atoms. The quantitative estimate of drug-likeness (QED) is 0.494. The van der Waals surface area contributed by atoms with Gasteiger partial charge >= 0.3 is 0 Å². The maximum absolute atomic E-state index is 2.57. The molecule has 0 saturated heterocycles. The van der Waals surface area contributed by atoms with Crippen LogP contribution in [0.4, 0.5) is 0 Å². The Morgan fingerprint density at radius 2 is 1.91 bits per heavy atom. The van der Waals surface area contributed by atoms with Crippen molar-refractivity contribution in [1.29, 1.82) is 0 Å². The summed E-state index contributed by atoms with van der Waals surface area (Å²) >= 11 is 0. The monoisotopic (exact) mass is 308 g/mol. The molecule has 0 aliphatic heterocycles. The average molecular weight is 308 g/mol. The third-order valence-electron chi connectivity index (χ3n) is 4.69. The maximum Gasteiger partial charge on any atom is 0.125 e. The summed E-state index contributed by atoms with van der Waals surface area (Å²) in [5.74, 6) is 1.26. The molecule has 0 fully saturated rings. The van der Waals surface area contributed by atoms with Crippen LogP contribution in [0.25, 0.3) is 22.2 Å². The summed E-state index contributed by atoms with van der Waals surface area (Å²) < 4.78 is 2.57. The molecule has 2 aromatic carbocycles. The van der Waals surface area contributed by atoms with Crippen molar-refractivity contribution in [2.75, 3.05) is 18.3 Å². The predicted octanol–water partition coefficient (Wildman–Crippen LogP) is 4.40. The van der Waals surface area contributed by atoms with E-state index in [-0.39, 0.29) is 0 Å². The van der Waals surface area contributed by atoms with Crippen LogP contribution in [0.15, 0.2) is 42.5 Å². The molecule has 0 unspecified atom stereocenters. The number of rotatable bonds is 3. The normalized spacial score (nSPS) is 12.9. The molecule has 1 aliphatic carbocycles. The largest absolute Gasteiger partial charge is 0.335 e. The Labute approximate surface area is 135 Å². The van der Waals surface area contributed by atoms with Crippen LogP contribution in [0.1, 0.15) is 16.7 Å². The van der Waals surface area contributed by atoms with E-state index in [1.54, 1.807) is 0 Å². The molecule has 1 aromatic heterocycles. The van der Waals surface area contributed by atoms with Crippen molar-refractivity contribution in [2.45, 2.75) is 19.9 Å². The van der Waals surface area contributed by atoms with E-state index in [0.29, 0.717) is 10.9 Å². The fraction of sp³-hybridized carbons (Fsp3) is 0.300. The minimum absolute atomic E-state index is 0.477. The Morgan fingerprint density at radius 3 is 2.73 bits per heavy atom. The van der Waals surface area contributed by atoms with Crippen molar-refractivity contribution in [1.82, 2.24) is 4.57 Å². The van der Waals surface area contributed by atoms with E-state index in [0.717, 1.165) is 13.0 Å². The van der Waals surface area contributed by atoms with Crippen LogP contribution in [0.5, 0.6) is 0 Å². The first-order valence-electron chi connectivity index (χ1n) is 7.89. The van der Waals surface area contributed by atoms with Crippen LogP contribution in [0.3, 0.4) is 0 Å². The fourth-order valence-electron chi connectivity index (χ4n) is 3.63. The molecule has 0 N–H and O–H groups in total. The van der Waals surface area contributed by atoms with Gasteiger partial charge in [0.05, 0.1) is 24.8 Å². The number of benzene rings is 2. The van der Waals surface area contributed by atoms with E-state index in [4.69, 9.17) is 0 Å². The number of aromatic nitrogens is 1. The summed E-state index contributed by atoms with van der Waals surface area (Å²) in [6.45, 7) is 3.32. The molecule has 1 aliphatic rings. The molecular weight excluding hydrogens is 286 g/mol. The highest BCUT2D eigenvalue weighted by Gasteiger charge is 2.26. The molecular formula is C20H22NS+. The van der Waals surface area contributed by atoms with Gasteiger partial charge in [0, 0.05) is 22.9 Å². The van der Waals surface area contributed by atoms with Gasteiger partial charge in [-0.1, -0.05) is 35.9 Å². The van der Waals surface area contributed by atoms with E-state index >= 15 is 0 Å². The van der Waals surface area contributed by atoms with Crippen molar-refractivity contribution in [2.24, 2.45) is 0 Å². The first-order valence-corrected chi connectivity index (χ1v) is 10.1. The van der Waals surface area contributed by atoms with E-state index in [9.17, 15) is 0 Å². The molecule has 0 saturated carbocycles. The van der Waals surface area contributed by atoms with Gasteiger partial charge in [-0.3, -0.25) is 0 Å². The topological polar surface area (TPSA) is 4.93 Å². The Balaban J connectivity index is 1.97. The summed E-state index contributed by atoms with van der Waals surface area (Å²) in [5.41, 5.74) is 8.70. The van der Waals surface area contributed by atoms with E-state index in [2.05, 4.69) is 66.5 Å².